The Morgan fingerprint density at radius 2 is 1.78 bits per heavy atom. The van der Waals surface area contributed by atoms with Gasteiger partial charge in [-0.1, -0.05) is 0 Å². The lowest BCUT2D eigenvalue weighted by Crippen LogP contribution is -2.23. The summed E-state index contributed by atoms with van der Waals surface area (Å²) in [6, 6.07) is 0.459. The Hall–Kier alpha value is -0.780. The molecule has 0 saturated carbocycles. The number of nitrogens with two attached hydrogens (primary N) is 1. The molecular weight excluding hydrogens is 381 g/mol. The van der Waals surface area contributed by atoms with Crippen molar-refractivity contribution in [3.05, 3.63) is 21.0 Å². The molecule has 102 valence electrons. The molecule has 0 unspecified atom stereocenters. The van der Waals surface area contributed by atoms with E-state index in [9.17, 15) is 26.3 Å². The van der Waals surface area contributed by atoms with Crippen LogP contribution in [0.2, 0.25) is 0 Å². The molecule has 0 aromatic carbocycles. The van der Waals surface area contributed by atoms with Crippen molar-refractivity contribution in [2.45, 2.75) is 19.1 Å². The van der Waals surface area contributed by atoms with Gasteiger partial charge in [-0.3, -0.25) is 0 Å². The van der Waals surface area contributed by atoms with Crippen molar-refractivity contribution in [2.75, 3.05) is 0 Å². The van der Waals surface area contributed by atoms with Crippen LogP contribution in [-0.2, 0) is 12.7 Å². The third-order valence-electron chi connectivity index (χ3n) is 1.73. The van der Waals surface area contributed by atoms with Crippen LogP contribution in [-0.4, -0.2) is 11.3 Å². The molecule has 0 fully saturated rings. The van der Waals surface area contributed by atoms with Crippen molar-refractivity contribution in [2.24, 2.45) is 5.73 Å². The number of halogens is 7. The predicted octanol–water partition coefficient (Wildman–Crippen LogP) is 3.06. The highest BCUT2D eigenvalue weighted by molar-refractivity contribution is 14.1. The second kappa shape index (κ2) is 5.07. The molecule has 3 nitrogen and oxygen atoms in total. The van der Waals surface area contributed by atoms with Gasteiger partial charge in [-0.05, 0) is 28.7 Å². The Bertz CT molecular complexity index is 444. The van der Waals surface area contributed by atoms with Gasteiger partial charge in [0, 0.05) is 6.54 Å². The minimum absolute atomic E-state index is 0.130. The molecule has 18 heavy (non-hydrogen) atoms. The summed E-state index contributed by atoms with van der Waals surface area (Å²) in [5.74, 6) is -1.40. The first-order valence-electron chi connectivity index (χ1n) is 4.27. The summed E-state index contributed by atoms with van der Waals surface area (Å²) in [6.45, 7) is -0.606. The molecular formula is C8H5F6IN2O. The van der Waals surface area contributed by atoms with Crippen LogP contribution in [0.25, 0.3) is 0 Å². The standard InChI is InChI=1S/C8H5F6IN2O/c9-7(10,11)3-1-5(15)17-4(2-16)6(3)18-8(12,13)14/h1H,2,16H2. The summed E-state index contributed by atoms with van der Waals surface area (Å²) in [4.78, 5) is 3.49. The Morgan fingerprint density at radius 3 is 2.17 bits per heavy atom. The average Bonchev–Trinajstić information content (AvgIpc) is 2.16. The fourth-order valence-electron chi connectivity index (χ4n) is 1.13. The Labute approximate surface area is 110 Å². The zero-order valence-corrected chi connectivity index (χ0v) is 10.5. The number of ether oxygens (including phenoxy) is 1. The number of alkyl halides is 6. The summed E-state index contributed by atoms with van der Waals surface area (Å²) in [5.41, 5.74) is 2.91. The van der Waals surface area contributed by atoms with Crippen LogP contribution >= 0.6 is 22.6 Å². The summed E-state index contributed by atoms with van der Waals surface area (Å²) < 4.78 is 77.2. The third-order valence-corrected chi connectivity index (χ3v) is 2.28. The van der Waals surface area contributed by atoms with Crippen molar-refractivity contribution in [3.8, 4) is 5.75 Å². The van der Waals surface area contributed by atoms with E-state index in [1.165, 1.54) is 22.6 Å². The molecule has 1 rings (SSSR count). The normalized spacial score (nSPS) is 12.7. The third kappa shape index (κ3) is 3.86. The number of pyridine rings is 1. The number of hydrogen-bond donors (Lipinski definition) is 1. The van der Waals surface area contributed by atoms with Crippen LogP contribution in [0.1, 0.15) is 11.3 Å². The lowest BCUT2D eigenvalue weighted by molar-refractivity contribution is -0.276. The van der Waals surface area contributed by atoms with E-state index in [4.69, 9.17) is 5.73 Å². The van der Waals surface area contributed by atoms with Gasteiger partial charge in [-0.25, -0.2) is 4.98 Å². The summed E-state index contributed by atoms with van der Waals surface area (Å²) >= 11 is 1.44. The van der Waals surface area contributed by atoms with Gasteiger partial charge in [-0.15, -0.1) is 13.2 Å². The van der Waals surface area contributed by atoms with Crippen LogP contribution < -0.4 is 10.5 Å². The van der Waals surface area contributed by atoms with Crippen molar-refractivity contribution in [3.63, 3.8) is 0 Å². The SMILES string of the molecule is NCc1nc(I)cc(C(F)(F)F)c1OC(F)(F)F. The lowest BCUT2D eigenvalue weighted by atomic mass is 10.2. The fourth-order valence-corrected chi connectivity index (χ4v) is 1.73. The van der Waals surface area contributed by atoms with Gasteiger partial charge in [0.25, 0.3) is 0 Å². The van der Waals surface area contributed by atoms with Crippen LogP contribution in [0.3, 0.4) is 0 Å². The predicted molar refractivity (Wildman–Crippen MR) is 56.5 cm³/mol. The molecule has 0 aliphatic heterocycles. The lowest BCUT2D eigenvalue weighted by Gasteiger charge is -2.17. The molecule has 2 N–H and O–H groups in total. The molecule has 0 amide bonds. The monoisotopic (exact) mass is 386 g/mol. The number of aromatic nitrogens is 1. The highest BCUT2D eigenvalue weighted by Crippen LogP contribution is 2.40. The van der Waals surface area contributed by atoms with Crippen LogP contribution in [0, 0.1) is 3.70 Å². The number of hydrogen-bond acceptors (Lipinski definition) is 3. The topological polar surface area (TPSA) is 48.1 Å². The second-order valence-corrected chi connectivity index (χ2v) is 4.12. The van der Waals surface area contributed by atoms with Crippen molar-refractivity contribution >= 4 is 22.6 Å². The van der Waals surface area contributed by atoms with E-state index < -0.39 is 36.1 Å². The number of rotatable bonds is 2. The van der Waals surface area contributed by atoms with Crippen molar-refractivity contribution in [1.82, 2.24) is 4.98 Å². The molecule has 0 saturated heterocycles. The second-order valence-electron chi connectivity index (χ2n) is 3.02. The zero-order chi connectivity index (χ0) is 14.1. The molecule has 0 atom stereocenters. The maximum absolute atomic E-state index is 12.6. The summed E-state index contributed by atoms with van der Waals surface area (Å²) in [7, 11) is 0. The molecule has 1 aromatic heterocycles. The van der Waals surface area contributed by atoms with Crippen molar-refractivity contribution in [1.29, 1.82) is 0 Å². The van der Waals surface area contributed by atoms with E-state index in [1.54, 1.807) is 0 Å². The average molecular weight is 386 g/mol. The van der Waals surface area contributed by atoms with Gasteiger partial charge in [-0.2, -0.15) is 13.2 Å². The van der Waals surface area contributed by atoms with E-state index in [2.05, 4.69) is 9.72 Å². The highest BCUT2D eigenvalue weighted by Gasteiger charge is 2.41. The maximum atomic E-state index is 12.6. The first-order chi connectivity index (χ1) is 8.04. The first kappa shape index (κ1) is 15.3. The fraction of sp³-hybridized carbons (Fsp3) is 0.375. The largest absolute Gasteiger partial charge is 0.573 e. The molecule has 0 spiro atoms. The van der Waals surface area contributed by atoms with Crippen LogP contribution in [0.4, 0.5) is 26.3 Å². The van der Waals surface area contributed by atoms with E-state index in [1.807, 2.05) is 0 Å². The first-order valence-corrected chi connectivity index (χ1v) is 5.35. The molecule has 0 radical (unpaired) electrons. The quantitative estimate of drug-likeness (QED) is 0.483. The molecule has 1 heterocycles. The molecule has 0 aliphatic carbocycles. The van der Waals surface area contributed by atoms with Crippen molar-refractivity contribution < 1.29 is 31.1 Å². The van der Waals surface area contributed by atoms with Crippen LogP contribution in [0.5, 0.6) is 5.75 Å². The Kier molecular flexibility index (Phi) is 4.30. The number of nitrogens with zero attached hydrogens (tertiary/aromatic N) is 1. The smallest absolute Gasteiger partial charge is 0.403 e. The Balaban J connectivity index is 3.43. The highest BCUT2D eigenvalue weighted by atomic mass is 127. The minimum atomic E-state index is -5.25. The zero-order valence-electron chi connectivity index (χ0n) is 8.36. The molecule has 1 aromatic rings. The van der Waals surface area contributed by atoms with E-state index >= 15 is 0 Å². The maximum Gasteiger partial charge on any atom is 0.573 e. The van der Waals surface area contributed by atoms with E-state index in [0.29, 0.717) is 6.07 Å². The summed E-state index contributed by atoms with van der Waals surface area (Å²) in [5, 5.41) is 0. The molecule has 0 bridgehead atoms. The van der Waals surface area contributed by atoms with E-state index in [-0.39, 0.29) is 3.70 Å². The summed E-state index contributed by atoms with van der Waals surface area (Å²) in [6.07, 6.45) is -10.2. The van der Waals surface area contributed by atoms with Gasteiger partial charge >= 0.3 is 12.5 Å². The van der Waals surface area contributed by atoms with Crippen LogP contribution in [0.15, 0.2) is 6.07 Å². The van der Waals surface area contributed by atoms with Gasteiger partial charge in [0.2, 0.25) is 0 Å². The van der Waals surface area contributed by atoms with Gasteiger partial charge in [0.05, 0.1) is 5.69 Å². The molecule has 0 aliphatic rings. The van der Waals surface area contributed by atoms with Gasteiger partial charge < -0.3 is 10.5 Å². The van der Waals surface area contributed by atoms with Gasteiger partial charge in [0.15, 0.2) is 5.75 Å². The molecule has 10 heteroatoms. The van der Waals surface area contributed by atoms with Gasteiger partial charge in [0.1, 0.15) is 9.26 Å². The van der Waals surface area contributed by atoms with E-state index in [0.717, 1.165) is 0 Å². The minimum Gasteiger partial charge on any atom is -0.403 e. The Morgan fingerprint density at radius 1 is 1.22 bits per heavy atom.